The monoisotopic (exact) mass is 303 g/mol. The van der Waals surface area contributed by atoms with Crippen LogP contribution >= 0.6 is 0 Å². The van der Waals surface area contributed by atoms with E-state index in [1.165, 1.54) is 15.2 Å². The molecule has 114 valence electrons. The van der Waals surface area contributed by atoms with Gasteiger partial charge in [0.1, 0.15) is 0 Å². The van der Waals surface area contributed by atoms with Crippen LogP contribution in [-0.2, 0) is 17.1 Å². The minimum Gasteiger partial charge on any atom is -0.392 e. The number of imidazole rings is 1. The van der Waals surface area contributed by atoms with Gasteiger partial charge in [0, 0.05) is 26.2 Å². The van der Waals surface area contributed by atoms with E-state index in [0.29, 0.717) is 13.0 Å². The Labute approximate surface area is 118 Å². The molecule has 1 fully saturated rings. The number of aryl methyl sites for hydroxylation is 1. The molecule has 0 radical (unpaired) electrons. The Morgan fingerprint density at radius 2 is 2.20 bits per heavy atom. The molecule has 0 aromatic carbocycles. The van der Waals surface area contributed by atoms with Crippen molar-refractivity contribution in [3.05, 3.63) is 6.33 Å². The lowest BCUT2D eigenvalue weighted by Gasteiger charge is -2.26. The molecule has 1 aliphatic rings. The summed E-state index contributed by atoms with van der Waals surface area (Å²) in [5.74, 6) is -0.0162. The molecule has 1 aromatic heterocycles. The summed E-state index contributed by atoms with van der Waals surface area (Å²) in [6.45, 7) is 0.638. The van der Waals surface area contributed by atoms with Gasteiger partial charge >= 0.3 is 0 Å². The zero-order chi connectivity index (χ0) is 15.1. The Morgan fingerprint density at radius 3 is 2.70 bits per heavy atom. The first-order valence-electron chi connectivity index (χ1n) is 6.35. The highest BCUT2D eigenvalue weighted by Crippen LogP contribution is 2.28. The summed E-state index contributed by atoms with van der Waals surface area (Å²) in [5, 5.41) is 9.79. The predicted molar refractivity (Wildman–Crippen MR) is 74.5 cm³/mol. The predicted octanol–water partition coefficient (Wildman–Crippen LogP) is -1.31. The lowest BCUT2D eigenvalue weighted by atomic mass is 10.2. The van der Waals surface area contributed by atoms with E-state index in [0.717, 1.165) is 0 Å². The van der Waals surface area contributed by atoms with Gasteiger partial charge in [0.25, 0.3) is 10.0 Å². The van der Waals surface area contributed by atoms with Gasteiger partial charge in [-0.25, -0.2) is 13.4 Å². The lowest BCUT2D eigenvalue weighted by Crippen LogP contribution is -2.42. The standard InChI is InChI=1S/C11H21N5O3S/c1-14(2)5-8-4-9(17)6-16(8)20(18,19)11-10(12)13-7-15(11)3/h7-9,17H,4-6,12H2,1-3H3. The molecule has 2 atom stereocenters. The third-order valence-corrected chi connectivity index (χ3v) is 5.43. The number of rotatable bonds is 4. The molecule has 1 aliphatic heterocycles. The molecule has 0 spiro atoms. The second kappa shape index (κ2) is 5.32. The maximum Gasteiger partial charge on any atom is 0.262 e. The fraction of sp³-hybridized carbons (Fsp3) is 0.727. The first-order chi connectivity index (χ1) is 9.23. The van der Waals surface area contributed by atoms with Crippen molar-refractivity contribution in [1.29, 1.82) is 0 Å². The number of hydrogen-bond donors (Lipinski definition) is 2. The van der Waals surface area contributed by atoms with Crippen LogP contribution in [0.25, 0.3) is 0 Å². The summed E-state index contributed by atoms with van der Waals surface area (Å²) in [6.07, 6.45) is 1.15. The van der Waals surface area contributed by atoms with Gasteiger partial charge < -0.3 is 20.3 Å². The highest BCUT2D eigenvalue weighted by molar-refractivity contribution is 7.89. The number of aliphatic hydroxyl groups excluding tert-OH is 1. The Balaban J connectivity index is 2.37. The van der Waals surface area contributed by atoms with E-state index in [4.69, 9.17) is 5.73 Å². The third kappa shape index (κ3) is 2.66. The molecule has 0 saturated carbocycles. The number of nitrogens with zero attached hydrogens (tertiary/aromatic N) is 4. The summed E-state index contributed by atoms with van der Waals surface area (Å²) in [7, 11) is 1.56. The number of aliphatic hydroxyl groups is 1. The molecule has 2 rings (SSSR count). The molecule has 1 aromatic rings. The molecule has 1 saturated heterocycles. The second-order valence-corrected chi connectivity index (χ2v) is 7.23. The van der Waals surface area contributed by atoms with Gasteiger partial charge in [-0.05, 0) is 20.5 Å². The number of nitrogens with two attached hydrogens (primary N) is 1. The Bertz CT molecular complexity index is 563. The summed E-state index contributed by atoms with van der Waals surface area (Å²) in [4.78, 5) is 5.72. The van der Waals surface area contributed by atoms with E-state index in [1.54, 1.807) is 7.05 Å². The topological polar surface area (TPSA) is 105 Å². The van der Waals surface area contributed by atoms with Gasteiger partial charge in [-0.3, -0.25) is 0 Å². The van der Waals surface area contributed by atoms with E-state index in [1.807, 2.05) is 19.0 Å². The average molecular weight is 303 g/mol. The third-order valence-electron chi connectivity index (χ3n) is 3.38. The first-order valence-corrected chi connectivity index (χ1v) is 7.79. The molecule has 9 heteroatoms. The van der Waals surface area contributed by atoms with Gasteiger partial charge in [-0.15, -0.1) is 0 Å². The summed E-state index contributed by atoms with van der Waals surface area (Å²) in [6, 6.07) is -0.265. The zero-order valence-electron chi connectivity index (χ0n) is 11.9. The van der Waals surface area contributed by atoms with Crippen molar-refractivity contribution in [3.8, 4) is 0 Å². The molecule has 2 unspecified atom stereocenters. The normalized spacial score (nSPS) is 24.6. The molecule has 0 aliphatic carbocycles. The Kier molecular flexibility index (Phi) is 4.05. The fourth-order valence-electron chi connectivity index (χ4n) is 2.61. The van der Waals surface area contributed by atoms with Crippen molar-refractivity contribution in [3.63, 3.8) is 0 Å². The van der Waals surface area contributed by atoms with Crippen LogP contribution in [0.4, 0.5) is 5.82 Å². The molecule has 2 heterocycles. The van der Waals surface area contributed by atoms with Crippen molar-refractivity contribution in [1.82, 2.24) is 18.8 Å². The van der Waals surface area contributed by atoms with E-state index < -0.39 is 16.1 Å². The number of likely N-dealkylation sites (N-methyl/N-ethyl adjacent to an activating group) is 1. The van der Waals surface area contributed by atoms with Gasteiger partial charge in [0.2, 0.25) is 0 Å². The molecule has 3 N–H and O–H groups in total. The van der Waals surface area contributed by atoms with E-state index in [9.17, 15) is 13.5 Å². The van der Waals surface area contributed by atoms with Crippen LogP contribution in [0.5, 0.6) is 0 Å². The smallest absolute Gasteiger partial charge is 0.262 e. The van der Waals surface area contributed by atoms with Crippen molar-refractivity contribution in [2.45, 2.75) is 23.6 Å². The van der Waals surface area contributed by atoms with E-state index >= 15 is 0 Å². The highest BCUT2D eigenvalue weighted by atomic mass is 32.2. The summed E-state index contributed by atoms with van der Waals surface area (Å²) >= 11 is 0. The van der Waals surface area contributed by atoms with Crippen molar-refractivity contribution < 1.29 is 13.5 Å². The number of hydrogen-bond acceptors (Lipinski definition) is 6. The highest BCUT2D eigenvalue weighted by Gasteiger charge is 2.41. The zero-order valence-corrected chi connectivity index (χ0v) is 12.7. The maximum atomic E-state index is 12.7. The van der Waals surface area contributed by atoms with Crippen LogP contribution in [0, 0.1) is 0 Å². The van der Waals surface area contributed by atoms with Crippen molar-refractivity contribution in [2.24, 2.45) is 7.05 Å². The van der Waals surface area contributed by atoms with Crippen LogP contribution < -0.4 is 5.73 Å². The van der Waals surface area contributed by atoms with Gasteiger partial charge in [0.05, 0.1) is 12.4 Å². The fourth-order valence-corrected chi connectivity index (χ4v) is 4.47. The second-order valence-electron chi connectivity index (χ2n) is 5.43. The molecule has 0 bridgehead atoms. The van der Waals surface area contributed by atoms with Crippen LogP contribution in [-0.4, -0.2) is 71.6 Å². The minimum atomic E-state index is -3.76. The number of nitrogen functional groups attached to an aromatic ring is 1. The quantitative estimate of drug-likeness (QED) is 0.715. The Hall–Kier alpha value is -1.16. The van der Waals surface area contributed by atoms with Crippen molar-refractivity contribution in [2.75, 3.05) is 32.9 Å². The van der Waals surface area contributed by atoms with E-state index in [2.05, 4.69) is 4.98 Å². The number of sulfonamides is 1. The average Bonchev–Trinajstić information content (AvgIpc) is 2.82. The number of anilines is 1. The molecule has 0 amide bonds. The van der Waals surface area contributed by atoms with Crippen LogP contribution in [0.1, 0.15) is 6.42 Å². The van der Waals surface area contributed by atoms with Crippen LogP contribution in [0.3, 0.4) is 0 Å². The largest absolute Gasteiger partial charge is 0.392 e. The van der Waals surface area contributed by atoms with Gasteiger partial charge in [-0.2, -0.15) is 4.31 Å². The molecule has 8 nitrogen and oxygen atoms in total. The SMILES string of the molecule is CN(C)CC1CC(O)CN1S(=O)(=O)c1c(N)ncn1C. The Morgan fingerprint density at radius 1 is 1.55 bits per heavy atom. The van der Waals surface area contributed by atoms with Gasteiger partial charge in [-0.1, -0.05) is 0 Å². The molecular weight excluding hydrogens is 282 g/mol. The minimum absolute atomic E-state index is 0.0162. The first kappa shape index (κ1) is 15.2. The van der Waals surface area contributed by atoms with Crippen LogP contribution in [0.2, 0.25) is 0 Å². The summed E-state index contributed by atoms with van der Waals surface area (Å²) < 4.78 is 28.2. The molecular formula is C11H21N5O3S. The number of β-amino-alcohol motifs (C(OH)–C–C–N with tert-alkyl or cyclic N) is 1. The number of aromatic nitrogens is 2. The lowest BCUT2D eigenvalue weighted by molar-refractivity contribution is 0.188. The van der Waals surface area contributed by atoms with Gasteiger partial charge in [0.15, 0.2) is 10.8 Å². The molecule has 20 heavy (non-hydrogen) atoms. The van der Waals surface area contributed by atoms with E-state index in [-0.39, 0.29) is 23.4 Å². The van der Waals surface area contributed by atoms with Crippen LogP contribution in [0.15, 0.2) is 11.4 Å². The van der Waals surface area contributed by atoms with Crippen molar-refractivity contribution >= 4 is 15.8 Å². The maximum absolute atomic E-state index is 12.7. The summed E-state index contributed by atoms with van der Waals surface area (Å²) in [5.41, 5.74) is 5.67.